The number of allylic oxidation sites excluding steroid dienone is 1. The molecule has 1 N–H and O–H groups in total. The van der Waals surface area contributed by atoms with Crippen molar-refractivity contribution in [3.05, 3.63) is 76.6 Å². The second-order valence-electron chi connectivity index (χ2n) is 4.70. The summed E-state index contributed by atoms with van der Waals surface area (Å²) in [5, 5.41) is 7.60. The number of aromatic nitrogens is 1. The van der Waals surface area contributed by atoms with Gasteiger partial charge in [0.2, 0.25) is 5.13 Å². The van der Waals surface area contributed by atoms with Crippen molar-refractivity contribution in [2.75, 3.05) is 5.43 Å². The van der Waals surface area contributed by atoms with Crippen molar-refractivity contribution in [1.29, 1.82) is 0 Å². The average molecular weight is 340 g/mol. The minimum atomic E-state index is 0.720. The second-order valence-corrected chi connectivity index (χ2v) is 6.00. The number of hydrogen-bond donors (Lipinski definition) is 1. The molecule has 3 rings (SSSR count). The predicted octanol–water partition coefficient (Wildman–Crippen LogP) is 5.57. The van der Waals surface area contributed by atoms with Gasteiger partial charge in [0.25, 0.3) is 0 Å². The summed E-state index contributed by atoms with van der Waals surface area (Å²) in [4.78, 5) is 4.49. The fraction of sp³-hybridized carbons (Fsp3) is 0. The summed E-state index contributed by atoms with van der Waals surface area (Å²) in [5.41, 5.74) is 6.01. The Morgan fingerprint density at radius 3 is 2.61 bits per heavy atom. The maximum absolute atomic E-state index is 5.89. The van der Waals surface area contributed by atoms with E-state index in [1.807, 2.05) is 72.1 Å². The van der Waals surface area contributed by atoms with E-state index < -0.39 is 0 Å². The summed E-state index contributed by atoms with van der Waals surface area (Å²) >= 11 is 7.40. The van der Waals surface area contributed by atoms with Gasteiger partial charge in [0.1, 0.15) is 0 Å². The van der Waals surface area contributed by atoms with Gasteiger partial charge in [-0.1, -0.05) is 60.1 Å². The molecule has 1 aromatic heterocycles. The summed E-state index contributed by atoms with van der Waals surface area (Å²) in [6.45, 7) is 0. The van der Waals surface area contributed by atoms with Crippen LogP contribution in [-0.4, -0.2) is 11.2 Å². The second kappa shape index (κ2) is 7.72. The molecule has 3 nitrogen and oxygen atoms in total. The van der Waals surface area contributed by atoms with Gasteiger partial charge in [-0.15, -0.1) is 11.3 Å². The minimum absolute atomic E-state index is 0.720. The van der Waals surface area contributed by atoms with Crippen LogP contribution in [0.5, 0.6) is 0 Å². The van der Waals surface area contributed by atoms with Gasteiger partial charge in [0.05, 0.1) is 5.69 Å². The highest BCUT2D eigenvalue weighted by atomic mass is 35.5. The van der Waals surface area contributed by atoms with E-state index in [1.54, 1.807) is 6.21 Å². The lowest BCUT2D eigenvalue weighted by Crippen LogP contribution is -1.87. The third-order valence-electron chi connectivity index (χ3n) is 3.05. The monoisotopic (exact) mass is 339 g/mol. The summed E-state index contributed by atoms with van der Waals surface area (Å²) in [7, 11) is 0. The van der Waals surface area contributed by atoms with E-state index in [-0.39, 0.29) is 0 Å². The normalized spacial score (nSPS) is 11.3. The number of nitrogens with zero attached hydrogens (tertiary/aromatic N) is 2. The fourth-order valence-corrected chi connectivity index (χ4v) is 2.73. The Bertz CT molecular complexity index is 808. The largest absolute Gasteiger partial charge is 0.253 e. The van der Waals surface area contributed by atoms with Crippen LogP contribution in [0.25, 0.3) is 17.3 Å². The molecule has 0 aliphatic carbocycles. The van der Waals surface area contributed by atoms with E-state index in [4.69, 9.17) is 11.6 Å². The van der Waals surface area contributed by atoms with Crippen molar-refractivity contribution >= 4 is 40.4 Å². The Kier molecular flexibility index (Phi) is 5.19. The molecular formula is C18H14ClN3S. The van der Waals surface area contributed by atoms with Crippen LogP contribution >= 0.6 is 22.9 Å². The first-order valence-electron chi connectivity index (χ1n) is 7.03. The Morgan fingerprint density at radius 1 is 1.04 bits per heavy atom. The number of benzene rings is 2. The van der Waals surface area contributed by atoms with Gasteiger partial charge < -0.3 is 0 Å². The van der Waals surface area contributed by atoms with Crippen molar-refractivity contribution in [2.45, 2.75) is 0 Å². The first-order chi connectivity index (χ1) is 11.3. The molecule has 0 fully saturated rings. The van der Waals surface area contributed by atoms with Crippen LogP contribution in [0.3, 0.4) is 0 Å². The molecule has 3 aromatic rings. The molecule has 1 heterocycles. The SMILES string of the molecule is Clc1ccc(-c2csc(N/N=C/C=C/c3ccccc3)n2)cc1. The average Bonchev–Trinajstić information content (AvgIpc) is 3.05. The van der Waals surface area contributed by atoms with Gasteiger partial charge in [0.15, 0.2) is 0 Å². The maximum Gasteiger partial charge on any atom is 0.203 e. The zero-order valence-corrected chi connectivity index (χ0v) is 13.8. The van der Waals surface area contributed by atoms with Crippen LogP contribution < -0.4 is 5.43 Å². The van der Waals surface area contributed by atoms with Crippen LogP contribution in [0, 0.1) is 0 Å². The number of hydrogen-bond acceptors (Lipinski definition) is 4. The van der Waals surface area contributed by atoms with E-state index in [9.17, 15) is 0 Å². The molecule has 0 unspecified atom stereocenters. The van der Waals surface area contributed by atoms with E-state index in [0.717, 1.165) is 27.0 Å². The number of rotatable bonds is 5. The topological polar surface area (TPSA) is 37.3 Å². The lowest BCUT2D eigenvalue weighted by Gasteiger charge is -1.96. The fourth-order valence-electron chi connectivity index (χ4n) is 1.93. The van der Waals surface area contributed by atoms with Crippen LogP contribution in [-0.2, 0) is 0 Å². The van der Waals surface area contributed by atoms with Gasteiger partial charge in [-0.05, 0) is 23.8 Å². The van der Waals surface area contributed by atoms with Crippen molar-refractivity contribution in [3.63, 3.8) is 0 Å². The number of anilines is 1. The van der Waals surface area contributed by atoms with E-state index in [1.165, 1.54) is 11.3 Å². The number of hydrazone groups is 1. The molecule has 0 atom stereocenters. The van der Waals surface area contributed by atoms with Crippen molar-refractivity contribution in [1.82, 2.24) is 4.98 Å². The molecule has 0 bridgehead atoms. The number of halogens is 1. The smallest absolute Gasteiger partial charge is 0.203 e. The molecular weight excluding hydrogens is 326 g/mol. The molecule has 23 heavy (non-hydrogen) atoms. The highest BCUT2D eigenvalue weighted by Gasteiger charge is 2.03. The number of nitrogens with one attached hydrogen (secondary N) is 1. The van der Waals surface area contributed by atoms with Crippen LogP contribution in [0.15, 0.2) is 71.2 Å². The lowest BCUT2D eigenvalue weighted by molar-refractivity contribution is 1.29. The van der Waals surface area contributed by atoms with Crippen LogP contribution in [0.1, 0.15) is 5.56 Å². The molecule has 5 heteroatoms. The molecule has 0 saturated heterocycles. The molecule has 2 aromatic carbocycles. The Labute approximate surface area is 144 Å². The van der Waals surface area contributed by atoms with Crippen molar-refractivity contribution in [3.8, 4) is 11.3 Å². The first-order valence-corrected chi connectivity index (χ1v) is 8.29. The van der Waals surface area contributed by atoms with E-state index in [2.05, 4.69) is 15.5 Å². The Balaban J connectivity index is 1.58. The standard InChI is InChI=1S/C18H14ClN3S/c19-16-10-8-15(9-11-16)17-13-23-18(21-17)22-20-12-4-7-14-5-2-1-3-6-14/h1-13H,(H,21,22)/b7-4+,20-12+. The van der Waals surface area contributed by atoms with Gasteiger partial charge in [0, 0.05) is 22.2 Å². The zero-order chi connectivity index (χ0) is 15.9. The summed E-state index contributed by atoms with van der Waals surface area (Å²) in [6, 6.07) is 17.7. The first kappa shape index (κ1) is 15.5. The van der Waals surface area contributed by atoms with Crippen LogP contribution in [0.4, 0.5) is 5.13 Å². The minimum Gasteiger partial charge on any atom is -0.253 e. The Morgan fingerprint density at radius 2 is 1.83 bits per heavy atom. The van der Waals surface area contributed by atoms with Gasteiger partial charge in [-0.2, -0.15) is 5.10 Å². The highest BCUT2D eigenvalue weighted by Crippen LogP contribution is 2.25. The molecule has 0 saturated carbocycles. The third-order valence-corrected chi connectivity index (χ3v) is 4.05. The van der Waals surface area contributed by atoms with E-state index in [0.29, 0.717) is 0 Å². The molecule has 0 aliphatic rings. The van der Waals surface area contributed by atoms with Gasteiger partial charge in [-0.3, -0.25) is 5.43 Å². The predicted molar refractivity (Wildman–Crippen MR) is 100 cm³/mol. The van der Waals surface area contributed by atoms with E-state index >= 15 is 0 Å². The quantitative estimate of drug-likeness (QED) is 0.487. The van der Waals surface area contributed by atoms with Gasteiger partial charge >= 0.3 is 0 Å². The maximum atomic E-state index is 5.89. The summed E-state index contributed by atoms with van der Waals surface area (Å²) < 4.78 is 0. The zero-order valence-electron chi connectivity index (χ0n) is 12.2. The van der Waals surface area contributed by atoms with Crippen LogP contribution in [0.2, 0.25) is 5.02 Å². The lowest BCUT2D eigenvalue weighted by atomic mass is 10.2. The molecule has 0 spiro atoms. The van der Waals surface area contributed by atoms with Crippen molar-refractivity contribution < 1.29 is 0 Å². The molecule has 0 amide bonds. The van der Waals surface area contributed by atoms with Crippen molar-refractivity contribution in [2.24, 2.45) is 5.10 Å². The molecule has 114 valence electrons. The Hall–Kier alpha value is -2.43. The molecule has 0 aliphatic heterocycles. The van der Waals surface area contributed by atoms with Gasteiger partial charge in [-0.25, -0.2) is 4.98 Å². The summed E-state index contributed by atoms with van der Waals surface area (Å²) in [6.07, 6.45) is 5.58. The summed E-state index contributed by atoms with van der Waals surface area (Å²) in [5.74, 6) is 0. The third kappa shape index (κ3) is 4.52. The number of thiazole rings is 1. The molecule has 0 radical (unpaired) electrons. The highest BCUT2D eigenvalue weighted by molar-refractivity contribution is 7.14.